The lowest BCUT2D eigenvalue weighted by Gasteiger charge is -2.06. The number of alkyl carbamates (subject to hydrolysis) is 1. The van der Waals surface area contributed by atoms with Crippen molar-refractivity contribution in [1.29, 1.82) is 0 Å². The highest BCUT2D eigenvalue weighted by molar-refractivity contribution is 5.70. The second-order valence-electron chi connectivity index (χ2n) is 2.89. The molecule has 1 amide bonds. The van der Waals surface area contributed by atoms with E-state index in [1.54, 1.807) is 18.2 Å². The van der Waals surface area contributed by atoms with Crippen LogP contribution >= 0.6 is 0 Å². The molecule has 1 heterocycles. The van der Waals surface area contributed by atoms with Gasteiger partial charge in [0, 0.05) is 0 Å². The third-order valence-corrected chi connectivity index (χ3v) is 1.95. The van der Waals surface area contributed by atoms with Gasteiger partial charge in [-0.05, 0) is 17.7 Å². The zero-order chi connectivity index (χ0) is 9.26. The quantitative estimate of drug-likeness (QED) is 0.680. The summed E-state index contributed by atoms with van der Waals surface area (Å²) in [4.78, 5) is 10.7. The molecule has 1 saturated heterocycles. The molecule has 2 rings (SSSR count). The predicted octanol–water partition coefficient (Wildman–Crippen LogP) is 1.17. The molecule has 1 aromatic carbocycles. The zero-order valence-corrected chi connectivity index (χ0v) is 6.86. The Hall–Kier alpha value is -1.71. The van der Waals surface area contributed by atoms with E-state index >= 15 is 0 Å². The van der Waals surface area contributed by atoms with Crippen molar-refractivity contribution < 1.29 is 14.6 Å². The molecule has 0 unspecified atom stereocenters. The number of carbonyl (C=O) groups excluding carboxylic acids is 1. The maximum absolute atomic E-state index is 10.7. The summed E-state index contributed by atoms with van der Waals surface area (Å²) >= 11 is 0. The van der Waals surface area contributed by atoms with Crippen molar-refractivity contribution in [3.8, 4) is 5.75 Å². The number of aromatic hydroxyl groups is 1. The molecular formula is C9H9NO3. The first-order chi connectivity index (χ1) is 6.25. The molecule has 0 aliphatic carbocycles. The van der Waals surface area contributed by atoms with E-state index in [0.717, 1.165) is 5.56 Å². The van der Waals surface area contributed by atoms with Gasteiger partial charge in [0.1, 0.15) is 12.4 Å². The van der Waals surface area contributed by atoms with Crippen molar-refractivity contribution in [3.05, 3.63) is 29.8 Å². The SMILES string of the molecule is O=C1N[C@@H](c2cccc(O)c2)CO1. The molecule has 4 heteroatoms. The molecule has 1 aromatic rings. The largest absolute Gasteiger partial charge is 0.508 e. The van der Waals surface area contributed by atoms with Gasteiger partial charge in [0.05, 0.1) is 6.04 Å². The summed E-state index contributed by atoms with van der Waals surface area (Å²) in [7, 11) is 0. The molecule has 0 radical (unpaired) electrons. The van der Waals surface area contributed by atoms with Crippen molar-refractivity contribution in [1.82, 2.24) is 5.32 Å². The van der Waals surface area contributed by atoms with Crippen molar-refractivity contribution >= 4 is 6.09 Å². The van der Waals surface area contributed by atoms with Crippen LogP contribution in [0.3, 0.4) is 0 Å². The third-order valence-electron chi connectivity index (χ3n) is 1.95. The minimum atomic E-state index is -0.409. The number of cyclic esters (lactones) is 1. The van der Waals surface area contributed by atoms with Crippen LogP contribution in [0.15, 0.2) is 24.3 Å². The van der Waals surface area contributed by atoms with E-state index in [1.807, 2.05) is 6.07 Å². The fourth-order valence-electron chi connectivity index (χ4n) is 1.31. The maximum Gasteiger partial charge on any atom is 0.407 e. The lowest BCUT2D eigenvalue weighted by Crippen LogP contribution is -2.18. The monoisotopic (exact) mass is 179 g/mol. The summed E-state index contributed by atoms with van der Waals surface area (Å²) in [5.41, 5.74) is 0.853. The number of phenols is 1. The molecule has 68 valence electrons. The Morgan fingerprint density at radius 2 is 2.38 bits per heavy atom. The maximum atomic E-state index is 10.7. The highest BCUT2D eigenvalue weighted by atomic mass is 16.6. The smallest absolute Gasteiger partial charge is 0.407 e. The topological polar surface area (TPSA) is 58.6 Å². The number of rotatable bonds is 1. The second kappa shape index (κ2) is 2.97. The third kappa shape index (κ3) is 1.56. The molecule has 1 aliphatic rings. The molecule has 0 spiro atoms. The molecule has 0 aromatic heterocycles. The molecule has 1 fully saturated rings. The average Bonchev–Trinajstić information content (AvgIpc) is 2.52. The Morgan fingerprint density at radius 3 is 3.00 bits per heavy atom. The van der Waals surface area contributed by atoms with E-state index in [4.69, 9.17) is 4.74 Å². The van der Waals surface area contributed by atoms with Crippen molar-refractivity contribution in [2.75, 3.05) is 6.61 Å². The number of carbonyl (C=O) groups is 1. The number of nitrogens with one attached hydrogen (secondary N) is 1. The average molecular weight is 179 g/mol. The van der Waals surface area contributed by atoms with E-state index < -0.39 is 6.09 Å². The van der Waals surface area contributed by atoms with Crippen LogP contribution in [-0.2, 0) is 4.74 Å². The van der Waals surface area contributed by atoms with Crippen LogP contribution in [0.25, 0.3) is 0 Å². The summed E-state index contributed by atoms with van der Waals surface area (Å²) in [6.45, 7) is 0.322. The minimum absolute atomic E-state index is 0.139. The Balaban J connectivity index is 2.21. The first-order valence-electron chi connectivity index (χ1n) is 3.98. The second-order valence-corrected chi connectivity index (χ2v) is 2.89. The number of hydrogen-bond acceptors (Lipinski definition) is 3. The highest BCUT2D eigenvalue weighted by Gasteiger charge is 2.23. The zero-order valence-electron chi connectivity index (χ0n) is 6.86. The van der Waals surface area contributed by atoms with E-state index in [0.29, 0.717) is 6.61 Å². The summed E-state index contributed by atoms with van der Waals surface area (Å²) in [6.07, 6.45) is -0.409. The Labute approximate surface area is 75.1 Å². The van der Waals surface area contributed by atoms with Gasteiger partial charge < -0.3 is 15.2 Å². The van der Waals surface area contributed by atoms with Gasteiger partial charge in [0.2, 0.25) is 0 Å². The number of amides is 1. The van der Waals surface area contributed by atoms with Gasteiger partial charge in [-0.15, -0.1) is 0 Å². The van der Waals surface area contributed by atoms with Crippen LogP contribution in [0, 0.1) is 0 Å². The van der Waals surface area contributed by atoms with Gasteiger partial charge >= 0.3 is 6.09 Å². The number of ether oxygens (including phenoxy) is 1. The molecule has 4 nitrogen and oxygen atoms in total. The van der Waals surface area contributed by atoms with Gasteiger partial charge in [-0.3, -0.25) is 0 Å². The lowest BCUT2D eigenvalue weighted by molar-refractivity contribution is 0.177. The van der Waals surface area contributed by atoms with E-state index in [1.165, 1.54) is 0 Å². The molecule has 1 atom stereocenters. The Bertz CT molecular complexity index is 337. The molecule has 2 N–H and O–H groups in total. The van der Waals surface area contributed by atoms with Crippen LogP contribution in [-0.4, -0.2) is 17.8 Å². The van der Waals surface area contributed by atoms with Crippen molar-refractivity contribution in [2.45, 2.75) is 6.04 Å². The van der Waals surface area contributed by atoms with Crippen LogP contribution in [0.5, 0.6) is 5.75 Å². The number of hydrogen-bond donors (Lipinski definition) is 2. The van der Waals surface area contributed by atoms with E-state index in [2.05, 4.69) is 5.32 Å². The Kier molecular flexibility index (Phi) is 1.81. The fourth-order valence-corrected chi connectivity index (χ4v) is 1.31. The molecule has 13 heavy (non-hydrogen) atoms. The summed E-state index contributed by atoms with van der Waals surface area (Å²) in [6, 6.07) is 6.62. The molecule has 1 aliphatic heterocycles. The number of phenolic OH excluding ortho intramolecular Hbond substituents is 1. The number of benzene rings is 1. The van der Waals surface area contributed by atoms with Gasteiger partial charge in [-0.25, -0.2) is 4.79 Å². The molecule has 0 bridgehead atoms. The lowest BCUT2D eigenvalue weighted by atomic mass is 10.1. The van der Waals surface area contributed by atoms with Crippen molar-refractivity contribution in [3.63, 3.8) is 0 Å². The van der Waals surface area contributed by atoms with Gasteiger partial charge in [0.25, 0.3) is 0 Å². The fraction of sp³-hybridized carbons (Fsp3) is 0.222. The molecular weight excluding hydrogens is 170 g/mol. The molecule has 0 saturated carbocycles. The van der Waals surface area contributed by atoms with E-state index in [-0.39, 0.29) is 11.8 Å². The summed E-state index contributed by atoms with van der Waals surface area (Å²) in [5, 5.41) is 11.8. The first-order valence-corrected chi connectivity index (χ1v) is 3.98. The van der Waals surface area contributed by atoms with Crippen LogP contribution in [0.2, 0.25) is 0 Å². The van der Waals surface area contributed by atoms with Gasteiger partial charge in [-0.2, -0.15) is 0 Å². The van der Waals surface area contributed by atoms with Crippen LogP contribution < -0.4 is 5.32 Å². The predicted molar refractivity (Wildman–Crippen MR) is 45.3 cm³/mol. The van der Waals surface area contributed by atoms with Crippen LogP contribution in [0.4, 0.5) is 4.79 Å². The summed E-state index contributed by atoms with van der Waals surface area (Å²) in [5.74, 6) is 0.193. The van der Waals surface area contributed by atoms with E-state index in [9.17, 15) is 9.90 Å². The Morgan fingerprint density at radius 1 is 1.54 bits per heavy atom. The van der Waals surface area contributed by atoms with Gasteiger partial charge in [-0.1, -0.05) is 12.1 Å². The standard InChI is InChI=1S/C9H9NO3/c11-7-3-1-2-6(4-7)8-5-13-9(12)10-8/h1-4,8,11H,5H2,(H,10,12)/t8-/m1/s1. The first kappa shape index (κ1) is 7.91. The minimum Gasteiger partial charge on any atom is -0.508 e. The normalized spacial score (nSPS) is 20.9. The van der Waals surface area contributed by atoms with Crippen molar-refractivity contribution in [2.24, 2.45) is 0 Å². The highest BCUT2D eigenvalue weighted by Crippen LogP contribution is 2.21. The van der Waals surface area contributed by atoms with Gasteiger partial charge in [0.15, 0.2) is 0 Å². The van der Waals surface area contributed by atoms with Crippen LogP contribution in [0.1, 0.15) is 11.6 Å². The summed E-state index contributed by atoms with van der Waals surface area (Å²) < 4.78 is 4.73.